The fourth-order valence-corrected chi connectivity index (χ4v) is 2.19. The van der Waals surface area contributed by atoms with Gasteiger partial charge < -0.3 is 15.9 Å². The molecular weight excluding hydrogens is 257 g/mol. The number of thioether (sulfide) groups is 1. The number of carbonyl (C=O) groups is 1. The SMILES string of the molecule is CC(=O)SCCC(O)C(O)c1c(N)cccc1F. The van der Waals surface area contributed by atoms with Gasteiger partial charge in [-0.15, -0.1) is 0 Å². The smallest absolute Gasteiger partial charge is 0.185 e. The van der Waals surface area contributed by atoms with Crippen LogP contribution in [0.15, 0.2) is 18.2 Å². The lowest BCUT2D eigenvalue weighted by Crippen LogP contribution is -2.21. The monoisotopic (exact) mass is 273 g/mol. The Morgan fingerprint density at radius 1 is 1.50 bits per heavy atom. The van der Waals surface area contributed by atoms with Gasteiger partial charge in [0, 0.05) is 23.9 Å². The molecule has 2 atom stereocenters. The Bertz CT molecular complexity index is 408. The zero-order chi connectivity index (χ0) is 13.7. The quantitative estimate of drug-likeness (QED) is 0.708. The number of hydrogen-bond acceptors (Lipinski definition) is 5. The van der Waals surface area contributed by atoms with Crippen LogP contribution in [0.1, 0.15) is 25.0 Å². The summed E-state index contributed by atoms with van der Waals surface area (Å²) in [6.07, 6.45) is -2.37. The van der Waals surface area contributed by atoms with E-state index in [4.69, 9.17) is 5.73 Å². The van der Waals surface area contributed by atoms with Crippen LogP contribution in [-0.2, 0) is 4.79 Å². The van der Waals surface area contributed by atoms with Crippen LogP contribution >= 0.6 is 11.8 Å². The molecule has 1 aromatic rings. The Morgan fingerprint density at radius 2 is 2.17 bits per heavy atom. The Labute approximate surface area is 109 Å². The van der Waals surface area contributed by atoms with Crippen LogP contribution in [0.3, 0.4) is 0 Å². The Balaban J connectivity index is 2.68. The first-order chi connectivity index (χ1) is 8.43. The van der Waals surface area contributed by atoms with Crippen molar-refractivity contribution in [3.05, 3.63) is 29.6 Å². The van der Waals surface area contributed by atoms with Crippen LogP contribution < -0.4 is 5.73 Å². The molecule has 4 nitrogen and oxygen atoms in total. The average Bonchev–Trinajstić information content (AvgIpc) is 2.27. The number of nitrogens with two attached hydrogens (primary N) is 1. The maximum atomic E-state index is 13.5. The second kappa shape index (κ2) is 6.72. The highest BCUT2D eigenvalue weighted by molar-refractivity contribution is 8.13. The summed E-state index contributed by atoms with van der Waals surface area (Å²) >= 11 is 1.05. The van der Waals surface area contributed by atoms with E-state index in [9.17, 15) is 19.4 Å². The summed E-state index contributed by atoms with van der Waals surface area (Å²) in [4.78, 5) is 10.7. The van der Waals surface area contributed by atoms with Crippen molar-refractivity contribution in [3.63, 3.8) is 0 Å². The lowest BCUT2D eigenvalue weighted by atomic mass is 10.0. The van der Waals surface area contributed by atoms with Crippen molar-refractivity contribution >= 4 is 22.6 Å². The van der Waals surface area contributed by atoms with E-state index < -0.39 is 18.0 Å². The largest absolute Gasteiger partial charge is 0.398 e. The molecule has 2 unspecified atom stereocenters. The standard InChI is InChI=1S/C12H16FNO3S/c1-7(15)18-6-5-10(16)12(17)11-8(13)3-2-4-9(11)14/h2-4,10,12,16-17H,5-6,14H2,1H3. The molecule has 18 heavy (non-hydrogen) atoms. The normalized spacial score (nSPS) is 14.2. The van der Waals surface area contributed by atoms with Gasteiger partial charge >= 0.3 is 0 Å². The van der Waals surface area contributed by atoms with Crippen molar-refractivity contribution in [2.45, 2.75) is 25.6 Å². The van der Waals surface area contributed by atoms with Crippen LogP contribution in [0, 0.1) is 5.82 Å². The third-order valence-corrected chi connectivity index (χ3v) is 3.31. The summed E-state index contributed by atoms with van der Waals surface area (Å²) in [6, 6.07) is 4.06. The molecule has 0 saturated carbocycles. The van der Waals surface area contributed by atoms with Crippen molar-refractivity contribution in [2.24, 2.45) is 0 Å². The molecule has 0 fully saturated rings. The van der Waals surface area contributed by atoms with Crippen molar-refractivity contribution in [2.75, 3.05) is 11.5 Å². The summed E-state index contributed by atoms with van der Waals surface area (Å²) in [5.41, 5.74) is 5.57. The van der Waals surface area contributed by atoms with Gasteiger partial charge in [0.25, 0.3) is 0 Å². The summed E-state index contributed by atoms with van der Waals surface area (Å²) < 4.78 is 13.5. The van der Waals surface area contributed by atoms with Gasteiger partial charge in [0.05, 0.1) is 6.10 Å². The first kappa shape index (κ1) is 14.9. The molecule has 0 saturated heterocycles. The van der Waals surface area contributed by atoms with Crippen molar-refractivity contribution in [1.29, 1.82) is 0 Å². The van der Waals surface area contributed by atoms with Gasteiger partial charge in [-0.2, -0.15) is 0 Å². The number of hydrogen-bond donors (Lipinski definition) is 3. The molecule has 100 valence electrons. The number of rotatable bonds is 5. The van der Waals surface area contributed by atoms with E-state index in [0.717, 1.165) is 11.8 Å². The van der Waals surface area contributed by atoms with Crippen molar-refractivity contribution < 1.29 is 19.4 Å². The summed E-state index contributed by atoms with van der Waals surface area (Å²) in [5.74, 6) is -0.289. The third kappa shape index (κ3) is 3.97. The molecule has 0 radical (unpaired) electrons. The molecule has 1 rings (SSSR count). The number of anilines is 1. The van der Waals surface area contributed by atoms with E-state index in [2.05, 4.69) is 0 Å². The van der Waals surface area contributed by atoms with Crippen molar-refractivity contribution in [1.82, 2.24) is 0 Å². The Hall–Kier alpha value is -1.11. The zero-order valence-electron chi connectivity index (χ0n) is 9.97. The lowest BCUT2D eigenvalue weighted by molar-refractivity contribution is -0.109. The predicted octanol–water partition coefficient (Wildman–Crippen LogP) is 1.47. The predicted molar refractivity (Wildman–Crippen MR) is 69.5 cm³/mol. The molecule has 4 N–H and O–H groups in total. The molecule has 0 aromatic heterocycles. The lowest BCUT2D eigenvalue weighted by Gasteiger charge is -2.19. The maximum Gasteiger partial charge on any atom is 0.185 e. The Kier molecular flexibility index (Phi) is 5.58. The number of carbonyl (C=O) groups excluding carboxylic acids is 1. The van der Waals surface area contributed by atoms with E-state index in [1.54, 1.807) is 0 Å². The molecule has 0 heterocycles. The maximum absolute atomic E-state index is 13.5. The van der Waals surface area contributed by atoms with Crippen molar-refractivity contribution in [3.8, 4) is 0 Å². The van der Waals surface area contributed by atoms with E-state index >= 15 is 0 Å². The fourth-order valence-electron chi connectivity index (χ4n) is 1.54. The number of aliphatic hydroxyl groups excluding tert-OH is 2. The zero-order valence-corrected chi connectivity index (χ0v) is 10.8. The Morgan fingerprint density at radius 3 is 2.72 bits per heavy atom. The molecule has 6 heteroatoms. The average molecular weight is 273 g/mol. The summed E-state index contributed by atoms with van der Waals surface area (Å²) in [5, 5.41) is 19.5. The first-order valence-corrected chi connectivity index (χ1v) is 6.45. The molecule has 0 aliphatic rings. The second-order valence-corrected chi connectivity index (χ2v) is 5.16. The molecule has 0 amide bonds. The highest BCUT2D eigenvalue weighted by Gasteiger charge is 2.23. The topological polar surface area (TPSA) is 83.5 Å². The second-order valence-electron chi connectivity index (χ2n) is 3.88. The minimum Gasteiger partial charge on any atom is -0.398 e. The van der Waals surface area contributed by atoms with Crippen LogP contribution in [0.2, 0.25) is 0 Å². The summed E-state index contributed by atoms with van der Waals surface area (Å²) in [6.45, 7) is 1.42. The van der Waals surface area contributed by atoms with Crippen LogP contribution in [0.25, 0.3) is 0 Å². The van der Waals surface area contributed by atoms with E-state index in [1.807, 2.05) is 0 Å². The van der Waals surface area contributed by atoms with E-state index in [0.29, 0.717) is 5.75 Å². The molecule has 0 aliphatic carbocycles. The number of benzene rings is 1. The highest BCUT2D eigenvalue weighted by atomic mass is 32.2. The van der Waals surface area contributed by atoms with Gasteiger partial charge in [0.2, 0.25) is 0 Å². The third-order valence-electron chi connectivity index (χ3n) is 2.47. The van der Waals surface area contributed by atoms with Gasteiger partial charge in [0.1, 0.15) is 11.9 Å². The first-order valence-electron chi connectivity index (χ1n) is 5.47. The summed E-state index contributed by atoms with van der Waals surface area (Å²) in [7, 11) is 0. The number of aliphatic hydroxyl groups is 2. The minimum atomic E-state index is -1.39. The van der Waals surface area contributed by atoms with Gasteiger partial charge in [-0.05, 0) is 18.6 Å². The van der Waals surface area contributed by atoms with E-state index in [-0.39, 0.29) is 22.8 Å². The minimum absolute atomic E-state index is 0.0675. The number of nitrogen functional groups attached to an aromatic ring is 1. The molecule has 0 spiro atoms. The van der Waals surface area contributed by atoms with Gasteiger partial charge in [0.15, 0.2) is 5.12 Å². The van der Waals surface area contributed by atoms with Crippen LogP contribution in [-0.4, -0.2) is 27.2 Å². The van der Waals surface area contributed by atoms with E-state index in [1.165, 1.54) is 25.1 Å². The fraction of sp³-hybridized carbons (Fsp3) is 0.417. The van der Waals surface area contributed by atoms with Crippen LogP contribution in [0.5, 0.6) is 0 Å². The molecule has 1 aromatic carbocycles. The van der Waals surface area contributed by atoms with Gasteiger partial charge in [-0.3, -0.25) is 4.79 Å². The van der Waals surface area contributed by atoms with Gasteiger partial charge in [-0.25, -0.2) is 4.39 Å². The highest BCUT2D eigenvalue weighted by Crippen LogP contribution is 2.27. The number of halogens is 1. The van der Waals surface area contributed by atoms with Crippen LogP contribution in [0.4, 0.5) is 10.1 Å². The van der Waals surface area contributed by atoms with Gasteiger partial charge in [-0.1, -0.05) is 17.8 Å². The molecular formula is C12H16FNO3S. The molecule has 0 bridgehead atoms. The molecule has 0 aliphatic heterocycles.